The van der Waals surface area contributed by atoms with Crippen molar-refractivity contribution in [3.63, 3.8) is 0 Å². The van der Waals surface area contributed by atoms with Gasteiger partial charge in [-0.05, 0) is 40.7 Å². The highest BCUT2D eigenvalue weighted by Gasteiger charge is 2.45. The van der Waals surface area contributed by atoms with Crippen molar-refractivity contribution in [2.45, 2.75) is 37.1 Å². The van der Waals surface area contributed by atoms with E-state index in [0.29, 0.717) is 0 Å². The molecule has 1 unspecified atom stereocenters. The van der Waals surface area contributed by atoms with Crippen LogP contribution in [0.25, 0.3) is 0 Å². The molecule has 2 aliphatic rings. The molecule has 2 aliphatic heterocycles. The van der Waals surface area contributed by atoms with Gasteiger partial charge in [0.1, 0.15) is 6.04 Å². The molecule has 1 saturated heterocycles. The molecule has 2 atom stereocenters. The predicted octanol–water partition coefficient (Wildman–Crippen LogP) is 5.31. The summed E-state index contributed by atoms with van der Waals surface area (Å²) in [6.45, 7) is 5.34. The summed E-state index contributed by atoms with van der Waals surface area (Å²) in [6, 6.07) is 31.7. The minimum atomic E-state index is -0.931. The Labute approximate surface area is 223 Å². The van der Waals surface area contributed by atoms with Crippen LogP contribution in [0.3, 0.4) is 0 Å². The van der Waals surface area contributed by atoms with Gasteiger partial charge in [0.15, 0.2) is 0 Å². The highest BCUT2D eigenvalue weighted by molar-refractivity contribution is 8.15. The van der Waals surface area contributed by atoms with Gasteiger partial charge in [-0.2, -0.15) is 0 Å². The molecule has 37 heavy (non-hydrogen) atoms. The van der Waals surface area contributed by atoms with Gasteiger partial charge in [0.05, 0.1) is 5.54 Å². The van der Waals surface area contributed by atoms with E-state index in [-0.39, 0.29) is 21.8 Å². The van der Waals surface area contributed by atoms with Crippen LogP contribution in [0.15, 0.2) is 103 Å². The lowest BCUT2D eigenvalue weighted by atomic mass is 9.74. The Kier molecular flexibility index (Phi) is 8.64. The van der Waals surface area contributed by atoms with Crippen LogP contribution in [0.2, 0.25) is 0 Å². The molecule has 192 valence electrons. The number of aliphatic carboxylic acids is 1. The van der Waals surface area contributed by atoms with Crippen molar-refractivity contribution in [1.29, 1.82) is 0 Å². The number of carbonyl (C=O) groups is 2. The average Bonchev–Trinajstić information content (AvgIpc) is 3.30. The van der Waals surface area contributed by atoms with Crippen LogP contribution in [-0.2, 0) is 15.1 Å². The molecule has 0 spiro atoms. The summed E-state index contributed by atoms with van der Waals surface area (Å²) in [5.74, 6) is -0.910. The smallest absolute Gasteiger partial charge is 0.320 e. The van der Waals surface area contributed by atoms with Gasteiger partial charge < -0.3 is 10.8 Å². The third-order valence-corrected chi connectivity index (χ3v) is 8.17. The van der Waals surface area contributed by atoms with E-state index in [1.54, 1.807) is 13.8 Å². The molecule has 0 saturated carbocycles. The quantitative estimate of drug-likeness (QED) is 0.434. The number of fused-ring (bicyclic) bond motifs is 1. The third-order valence-electron chi connectivity index (χ3n) is 7.08. The molecular formula is C31H34N2O3S. The lowest BCUT2D eigenvalue weighted by molar-refractivity contribution is -0.139. The van der Waals surface area contributed by atoms with Crippen LogP contribution in [0.4, 0.5) is 0 Å². The topological polar surface area (TPSA) is 83.6 Å². The van der Waals surface area contributed by atoms with Crippen molar-refractivity contribution in [2.75, 3.05) is 13.1 Å². The Hall–Kier alpha value is -3.19. The van der Waals surface area contributed by atoms with Gasteiger partial charge in [0.2, 0.25) is 5.12 Å². The van der Waals surface area contributed by atoms with Crippen LogP contribution in [0.1, 0.15) is 37.0 Å². The minimum Gasteiger partial charge on any atom is -0.480 e. The number of benzene rings is 3. The average molecular weight is 515 g/mol. The summed E-state index contributed by atoms with van der Waals surface area (Å²) in [5, 5.41) is 8.69. The largest absolute Gasteiger partial charge is 0.480 e. The number of likely N-dealkylation sites (tertiary alicyclic amines) is 1. The van der Waals surface area contributed by atoms with Crippen molar-refractivity contribution in [2.24, 2.45) is 11.7 Å². The fraction of sp³-hybridized carbons (Fsp3) is 0.290. The van der Waals surface area contributed by atoms with Gasteiger partial charge in [-0.25, -0.2) is 0 Å². The van der Waals surface area contributed by atoms with Gasteiger partial charge in [0, 0.05) is 18.3 Å². The molecule has 3 N–H and O–H groups in total. The zero-order valence-corrected chi connectivity index (χ0v) is 22.1. The zero-order valence-electron chi connectivity index (χ0n) is 21.3. The van der Waals surface area contributed by atoms with Gasteiger partial charge >= 0.3 is 5.97 Å². The molecule has 5 nitrogen and oxygen atoms in total. The Morgan fingerprint density at radius 2 is 1.38 bits per heavy atom. The van der Waals surface area contributed by atoms with Crippen LogP contribution in [0.5, 0.6) is 0 Å². The van der Waals surface area contributed by atoms with E-state index >= 15 is 0 Å². The third kappa shape index (κ3) is 5.72. The number of hydrogen-bond donors (Lipinski definition) is 2. The van der Waals surface area contributed by atoms with Crippen LogP contribution < -0.4 is 5.73 Å². The molecule has 6 heteroatoms. The molecule has 0 amide bonds. The fourth-order valence-electron chi connectivity index (χ4n) is 5.11. The first kappa shape index (κ1) is 26.9. The second-order valence-electron chi connectivity index (χ2n) is 9.76. The summed E-state index contributed by atoms with van der Waals surface area (Å²) in [7, 11) is 0. The number of rotatable bonds is 6. The summed E-state index contributed by atoms with van der Waals surface area (Å²) in [5.41, 5.74) is 9.87. The molecule has 0 radical (unpaired) electrons. The number of piperidine rings is 1. The first-order valence-electron chi connectivity index (χ1n) is 12.6. The Morgan fingerprint density at radius 3 is 1.76 bits per heavy atom. The van der Waals surface area contributed by atoms with E-state index in [1.807, 2.05) is 6.08 Å². The van der Waals surface area contributed by atoms with Crippen molar-refractivity contribution in [3.05, 3.63) is 119 Å². The molecule has 1 fully saturated rings. The minimum absolute atomic E-state index is 0.0208. The van der Waals surface area contributed by atoms with E-state index in [9.17, 15) is 9.59 Å². The normalized spacial score (nSPS) is 18.4. The number of nitrogens with two attached hydrogens (primary N) is 1. The van der Waals surface area contributed by atoms with Gasteiger partial charge in [-0.15, -0.1) is 0 Å². The van der Waals surface area contributed by atoms with Crippen LogP contribution in [-0.4, -0.2) is 45.5 Å². The van der Waals surface area contributed by atoms with E-state index in [0.717, 1.165) is 19.5 Å². The molecule has 3 aromatic carbocycles. The van der Waals surface area contributed by atoms with Crippen molar-refractivity contribution >= 4 is 22.8 Å². The van der Waals surface area contributed by atoms with Crippen molar-refractivity contribution < 1.29 is 14.7 Å². The van der Waals surface area contributed by atoms with E-state index in [1.165, 1.54) is 34.0 Å². The maximum absolute atomic E-state index is 12.0. The number of nitrogens with zero attached hydrogens (tertiary/aromatic N) is 1. The lowest BCUT2D eigenvalue weighted by Crippen LogP contribution is -2.53. The fourth-order valence-corrected chi connectivity index (χ4v) is 6.20. The Bertz CT molecular complexity index is 1130. The number of carboxylic acids is 1. The number of thioether (sulfide) groups is 1. The summed E-state index contributed by atoms with van der Waals surface area (Å²) < 4.78 is 0. The number of carbonyl (C=O) groups excluding carboxylic acids is 1. The SMILES string of the molecule is CC(C)[C@H](N)C(=O)O.O=C1C=C2CCN(C(c3ccccc3)(c3ccccc3)c3ccccc3)CC2S1. The van der Waals surface area contributed by atoms with Crippen molar-refractivity contribution in [3.8, 4) is 0 Å². The molecule has 5 rings (SSSR count). The van der Waals surface area contributed by atoms with E-state index in [2.05, 4.69) is 95.9 Å². The second kappa shape index (κ2) is 11.9. The zero-order chi connectivity index (χ0) is 26.4. The maximum atomic E-state index is 12.0. The first-order chi connectivity index (χ1) is 17.8. The summed E-state index contributed by atoms with van der Waals surface area (Å²) >= 11 is 1.48. The molecule has 0 bridgehead atoms. The molecular weight excluding hydrogens is 480 g/mol. The van der Waals surface area contributed by atoms with Crippen LogP contribution >= 0.6 is 11.8 Å². The highest BCUT2D eigenvalue weighted by atomic mass is 32.2. The number of carboxylic acid groups (broad SMARTS) is 1. The Balaban J connectivity index is 0.000000349. The molecule has 3 aromatic rings. The standard InChI is InChI=1S/C26H23NOS.C5H11NO2/c28-25-18-20-16-17-27(19-24(20)29-25)26(21-10-4-1-5-11-21,22-12-6-2-7-13-22)23-14-8-3-9-15-23;1-3(2)4(6)5(7)8/h1-15,18,24H,16-17,19H2;3-4H,6H2,1-2H3,(H,7,8)/t;4-/m.0/s1. The van der Waals surface area contributed by atoms with E-state index < -0.39 is 12.0 Å². The van der Waals surface area contributed by atoms with Gasteiger partial charge in [0.25, 0.3) is 0 Å². The van der Waals surface area contributed by atoms with Gasteiger partial charge in [-0.3, -0.25) is 14.5 Å². The molecule has 0 aromatic heterocycles. The number of hydrogen-bond acceptors (Lipinski definition) is 5. The summed E-state index contributed by atoms with van der Waals surface area (Å²) in [6.07, 6.45) is 2.81. The molecule has 2 heterocycles. The van der Waals surface area contributed by atoms with Crippen molar-refractivity contribution in [1.82, 2.24) is 4.90 Å². The van der Waals surface area contributed by atoms with E-state index in [4.69, 9.17) is 10.8 Å². The maximum Gasteiger partial charge on any atom is 0.320 e. The lowest BCUT2D eigenvalue weighted by Gasteiger charge is -2.48. The van der Waals surface area contributed by atoms with Gasteiger partial charge in [-0.1, -0.05) is 117 Å². The molecule has 0 aliphatic carbocycles. The van der Waals surface area contributed by atoms with Crippen LogP contribution in [0, 0.1) is 5.92 Å². The monoisotopic (exact) mass is 514 g/mol. The summed E-state index contributed by atoms with van der Waals surface area (Å²) in [4.78, 5) is 24.6. The highest BCUT2D eigenvalue weighted by Crippen LogP contribution is 2.46. The first-order valence-corrected chi connectivity index (χ1v) is 13.5. The predicted molar refractivity (Wildman–Crippen MR) is 150 cm³/mol. The second-order valence-corrected chi connectivity index (χ2v) is 11.0. The Morgan fingerprint density at radius 1 is 0.919 bits per heavy atom.